The molecule has 50 heavy (non-hydrogen) atoms. The molecule has 0 aliphatic heterocycles. The Bertz CT molecular complexity index is 2510. The van der Waals surface area contributed by atoms with Crippen molar-refractivity contribution in [1.82, 2.24) is 4.57 Å². The van der Waals surface area contributed by atoms with Gasteiger partial charge in [0.25, 0.3) is 0 Å². The minimum Gasteiger partial charge on any atom is -0.308 e. The quantitative estimate of drug-likeness (QED) is 0.138. The van der Waals surface area contributed by atoms with Crippen LogP contribution < -0.4 is 20.7 Å². The molecule has 0 saturated heterocycles. The predicted molar refractivity (Wildman–Crippen MR) is 204 cm³/mol. The smallest absolute Gasteiger partial charge is 0.179 e. The Morgan fingerprint density at radius 2 is 0.880 bits per heavy atom. The van der Waals surface area contributed by atoms with Crippen molar-refractivity contribution in [1.29, 1.82) is 15.8 Å². The van der Waals surface area contributed by atoms with Crippen molar-refractivity contribution in [3.8, 4) is 35.0 Å². The van der Waals surface area contributed by atoms with Crippen molar-refractivity contribution >= 4 is 50.6 Å². The molecule has 0 aliphatic rings. The van der Waals surface area contributed by atoms with Gasteiger partial charge in [-0.2, -0.15) is 15.8 Å². The van der Waals surface area contributed by atoms with Crippen LogP contribution in [0, 0.1) is 34.0 Å². The second-order valence-corrected chi connectivity index (χ2v) is 16.1. The van der Waals surface area contributed by atoms with E-state index in [9.17, 15) is 15.8 Å². The van der Waals surface area contributed by atoms with E-state index in [2.05, 4.69) is 144 Å². The van der Waals surface area contributed by atoms with Crippen LogP contribution in [0.1, 0.15) is 16.7 Å². The molecule has 0 N–H and O–H groups in total. The first-order valence-electron chi connectivity index (χ1n) is 16.4. The highest BCUT2D eigenvalue weighted by atomic mass is 28.3. The topological polar surface area (TPSA) is 76.3 Å². The van der Waals surface area contributed by atoms with Crippen molar-refractivity contribution < 1.29 is 0 Å². The fourth-order valence-corrected chi connectivity index (χ4v) is 12.2. The molecule has 0 unspecified atom stereocenters. The maximum Gasteiger partial charge on any atom is 0.179 e. The van der Waals surface area contributed by atoms with Gasteiger partial charge >= 0.3 is 0 Å². The summed E-state index contributed by atoms with van der Waals surface area (Å²) in [6.07, 6.45) is 0. The van der Waals surface area contributed by atoms with Gasteiger partial charge in [-0.1, -0.05) is 121 Å². The molecule has 7 aromatic carbocycles. The second kappa shape index (κ2) is 12.6. The number of rotatable bonds is 6. The van der Waals surface area contributed by atoms with Crippen LogP contribution in [0.2, 0.25) is 0 Å². The van der Waals surface area contributed by atoms with E-state index in [-0.39, 0.29) is 0 Å². The van der Waals surface area contributed by atoms with Crippen LogP contribution in [0.25, 0.3) is 38.6 Å². The molecule has 0 fully saturated rings. The third-order valence-electron chi connectivity index (χ3n) is 9.63. The van der Waals surface area contributed by atoms with Gasteiger partial charge in [-0.25, -0.2) is 0 Å². The van der Waals surface area contributed by atoms with Gasteiger partial charge in [0, 0.05) is 10.8 Å². The van der Waals surface area contributed by atoms with E-state index in [1.807, 2.05) is 36.4 Å². The Balaban J connectivity index is 1.38. The van der Waals surface area contributed by atoms with Crippen LogP contribution in [0.5, 0.6) is 0 Å². The van der Waals surface area contributed by atoms with Crippen LogP contribution in [0.3, 0.4) is 0 Å². The third kappa shape index (κ3) is 4.88. The summed E-state index contributed by atoms with van der Waals surface area (Å²) in [5, 5.41) is 36.6. The summed E-state index contributed by atoms with van der Waals surface area (Å²) in [5.74, 6) is 0. The molecule has 0 bridgehead atoms. The Labute approximate surface area is 291 Å². The van der Waals surface area contributed by atoms with Gasteiger partial charge in [0.1, 0.15) is 6.07 Å². The summed E-state index contributed by atoms with van der Waals surface area (Å²) < 4.78 is 2.08. The van der Waals surface area contributed by atoms with E-state index in [1.54, 1.807) is 12.1 Å². The maximum atomic E-state index is 10.4. The van der Waals surface area contributed by atoms with E-state index < -0.39 is 8.07 Å². The number of nitriles is 3. The van der Waals surface area contributed by atoms with Gasteiger partial charge in [0.2, 0.25) is 0 Å². The number of benzene rings is 7. The maximum absolute atomic E-state index is 10.4. The highest BCUT2D eigenvalue weighted by Crippen LogP contribution is 2.36. The van der Waals surface area contributed by atoms with Gasteiger partial charge in [-0.15, -0.1) is 0 Å². The number of hydrogen-bond donors (Lipinski definition) is 0. The molecule has 0 spiro atoms. The average Bonchev–Trinajstić information content (AvgIpc) is 3.52. The van der Waals surface area contributed by atoms with Crippen LogP contribution in [-0.4, -0.2) is 12.6 Å². The molecule has 0 amide bonds. The van der Waals surface area contributed by atoms with E-state index in [1.165, 1.54) is 20.7 Å². The van der Waals surface area contributed by atoms with Crippen molar-refractivity contribution in [3.63, 3.8) is 0 Å². The fourth-order valence-electron chi connectivity index (χ4n) is 7.41. The van der Waals surface area contributed by atoms with E-state index in [4.69, 9.17) is 0 Å². The lowest BCUT2D eigenvalue weighted by molar-refractivity contribution is 1.17. The summed E-state index contributed by atoms with van der Waals surface area (Å²) in [6, 6.07) is 65.5. The van der Waals surface area contributed by atoms with Crippen LogP contribution in [0.4, 0.5) is 0 Å². The molecule has 5 heteroatoms. The van der Waals surface area contributed by atoms with Crippen molar-refractivity contribution in [2.75, 3.05) is 0 Å². The lowest BCUT2D eigenvalue weighted by Crippen LogP contribution is -2.74. The lowest BCUT2D eigenvalue weighted by atomic mass is 10.0. The molecule has 8 rings (SSSR count). The molecule has 1 aromatic heterocycles. The first-order chi connectivity index (χ1) is 24.6. The van der Waals surface area contributed by atoms with Gasteiger partial charge in [0.05, 0.1) is 45.5 Å². The highest BCUT2D eigenvalue weighted by molar-refractivity contribution is 7.19. The SMILES string of the molecule is N#Cc1ccc2c(c1)c1cc(C#N)ccc1n2-c1cc(-c2cccc([Si](c3ccccc3)(c3ccccc3)c3ccccc3)c2)ccc1C#N. The fraction of sp³-hybridized carbons (Fsp3) is 0. The van der Waals surface area contributed by atoms with Gasteiger partial charge in [-0.05, 0) is 80.4 Å². The standard InChI is InChI=1S/C45H28N4Si/c46-29-32-19-23-43-41(25-32)42-26-33(30-47)20-24-44(42)49(43)45-28-35(21-22-36(45)31-48)34-11-10-18-40(27-34)50(37-12-4-1-5-13-37,38-14-6-2-7-15-38)39-16-8-3-9-17-39/h1-28H. The van der Waals surface area contributed by atoms with E-state index in [0.29, 0.717) is 16.7 Å². The first kappa shape index (κ1) is 30.4. The summed E-state index contributed by atoms with van der Waals surface area (Å²) >= 11 is 0. The zero-order chi connectivity index (χ0) is 34.1. The van der Waals surface area contributed by atoms with Gasteiger partial charge in [0.15, 0.2) is 8.07 Å². The number of fused-ring (bicyclic) bond motifs is 3. The molecule has 232 valence electrons. The molecule has 4 nitrogen and oxygen atoms in total. The third-order valence-corrected chi connectivity index (χ3v) is 14.4. The Hall–Kier alpha value is -6.97. The summed E-state index contributed by atoms with van der Waals surface area (Å²) in [6.45, 7) is 0. The molecule has 0 saturated carbocycles. The monoisotopic (exact) mass is 652 g/mol. The molecular weight excluding hydrogens is 625 g/mol. The van der Waals surface area contributed by atoms with E-state index >= 15 is 0 Å². The van der Waals surface area contributed by atoms with Crippen molar-refractivity contribution in [2.24, 2.45) is 0 Å². The minimum atomic E-state index is -2.75. The summed E-state index contributed by atoms with van der Waals surface area (Å²) in [4.78, 5) is 0. The van der Waals surface area contributed by atoms with Gasteiger partial charge < -0.3 is 4.57 Å². The Morgan fingerprint density at radius 3 is 1.36 bits per heavy atom. The Morgan fingerprint density at radius 1 is 0.400 bits per heavy atom. The molecule has 0 atom stereocenters. The molecular formula is C45H28N4Si. The highest BCUT2D eigenvalue weighted by Gasteiger charge is 2.41. The zero-order valence-electron chi connectivity index (χ0n) is 27.0. The molecule has 1 heterocycles. The van der Waals surface area contributed by atoms with Crippen LogP contribution in [0.15, 0.2) is 170 Å². The molecule has 0 radical (unpaired) electrons. The minimum absolute atomic E-state index is 0.527. The number of hydrogen-bond acceptors (Lipinski definition) is 3. The largest absolute Gasteiger partial charge is 0.308 e. The summed E-state index contributed by atoms with van der Waals surface area (Å²) in [7, 11) is -2.75. The molecule has 0 aliphatic carbocycles. The van der Waals surface area contributed by atoms with Crippen molar-refractivity contribution in [3.05, 3.63) is 187 Å². The van der Waals surface area contributed by atoms with E-state index in [0.717, 1.165) is 38.6 Å². The van der Waals surface area contributed by atoms with Gasteiger partial charge in [-0.3, -0.25) is 0 Å². The van der Waals surface area contributed by atoms with Crippen molar-refractivity contribution in [2.45, 2.75) is 0 Å². The van der Waals surface area contributed by atoms with Crippen LogP contribution >= 0.6 is 0 Å². The lowest BCUT2D eigenvalue weighted by Gasteiger charge is -2.34. The normalized spacial score (nSPS) is 11.1. The first-order valence-corrected chi connectivity index (χ1v) is 18.4. The summed E-state index contributed by atoms with van der Waals surface area (Å²) in [5.41, 5.74) is 6.09. The average molecular weight is 653 g/mol. The van der Waals surface area contributed by atoms with Crippen LogP contribution in [-0.2, 0) is 0 Å². The Kier molecular flexibility index (Phi) is 7.63. The second-order valence-electron chi connectivity index (χ2n) is 12.3. The zero-order valence-corrected chi connectivity index (χ0v) is 28.0. The predicted octanol–water partition coefficient (Wildman–Crippen LogP) is 7.44. The number of nitrogens with zero attached hydrogens (tertiary/aromatic N) is 4. The number of aromatic nitrogens is 1. The molecule has 8 aromatic rings.